The van der Waals surface area contributed by atoms with Crippen LogP contribution in [0.25, 0.3) is 0 Å². The van der Waals surface area contributed by atoms with Crippen LogP contribution in [0.5, 0.6) is 0 Å². The lowest BCUT2D eigenvalue weighted by Gasteiger charge is -2.39. The van der Waals surface area contributed by atoms with Gasteiger partial charge in [0.05, 0.1) is 0 Å². The fourth-order valence-electron chi connectivity index (χ4n) is 2.94. The van der Waals surface area contributed by atoms with Crippen LogP contribution in [-0.2, 0) is 4.79 Å². The van der Waals surface area contributed by atoms with Gasteiger partial charge in [-0.15, -0.1) is 0 Å². The Balaban J connectivity index is 2.09. The van der Waals surface area contributed by atoms with Crippen LogP contribution in [0.3, 0.4) is 0 Å². The number of carbonyl (C=O) groups is 1. The van der Waals surface area contributed by atoms with Crippen molar-refractivity contribution in [2.24, 2.45) is 0 Å². The van der Waals surface area contributed by atoms with E-state index in [9.17, 15) is 9.18 Å². The highest BCUT2D eigenvalue weighted by atomic mass is 19.1. The van der Waals surface area contributed by atoms with E-state index in [-0.39, 0.29) is 17.8 Å². The number of carbonyl (C=O) groups excluding carboxylic acids is 1. The monoisotopic (exact) mass is 307 g/mol. The molecule has 0 aliphatic carbocycles. The Kier molecular flexibility index (Phi) is 5.53. The van der Waals surface area contributed by atoms with Gasteiger partial charge in [-0.3, -0.25) is 14.6 Å². The third-order valence-corrected chi connectivity index (χ3v) is 4.29. The maximum atomic E-state index is 13.1. The average Bonchev–Trinajstić information content (AvgIpc) is 2.49. The second-order valence-corrected chi connectivity index (χ2v) is 6.37. The highest BCUT2D eigenvalue weighted by Gasteiger charge is 2.30. The molecule has 0 N–H and O–H groups in total. The van der Waals surface area contributed by atoms with Crippen molar-refractivity contribution in [3.05, 3.63) is 35.6 Å². The number of piperazine rings is 1. The zero-order valence-electron chi connectivity index (χ0n) is 13.9. The second kappa shape index (κ2) is 7.20. The van der Waals surface area contributed by atoms with Crippen LogP contribution in [0.1, 0.15) is 25.5 Å². The molecule has 2 rings (SSSR count). The molecule has 1 unspecified atom stereocenters. The number of nitrogens with zero attached hydrogens (tertiary/aromatic N) is 3. The van der Waals surface area contributed by atoms with E-state index in [0.717, 1.165) is 31.7 Å². The van der Waals surface area contributed by atoms with Gasteiger partial charge < -0.3 is 4.90 Å². The van der Waals surface area contributed by atoms with Gasteiger partial charge in [-0.2, -0.15) is 0 Å². The Labute approximate surface area is 132 Å². The van der Waals surface area contributed by atoms with Gasteiger partial charge in [-0.25, -0.2) is 4.39 Å². The molecule has 5 heteroatoms. The number of halogens is 1. The van der Waals surface area contributed by atoms with Crippen molar-refractivity contribution in [3.63, 3.8) is 0 Å². The summed E-state index contributed by atoms with van der Waals surface area (Å²) in [5.41, 5.74) is 0.836. The van der Waals surface area contributed by atoms with Crippen LogP contribution < -0.4 is 0 Å². The Morgan fingerprint density at radius 3 is 2.09 bits per heavy atom. The zero-order chi connectivity index (χ0) is 16.3. The number of rotatable bonds is 4. The molecule has 4 nitrogen and oxygen atoms in total. The molecule has 1 aliphatic heterocycles. The van der Waals surface area contributed by atoms with Gasteiger partial charge in [-0.1, -0.05) is 12.1 Å². The molecule has 0 bridgehead atoms. The van der Waals surface area contributed by atoms with E-state index < -0.39 is 0 Å². The Morgan fingerprint density at radius 1 is 1.09 bits per heavy atom. The van der Waals surface area contributed by atoms with Crippen molar-refractivity contribution < 1.29 is 9.18 Å². The lowest BCUT2D eigenvalue weighted by atomic mass is 10.0. The third-order valence-electron chi connectivity index (χ3n) is 4.29. The first-order chi connectivity index (χ1) is 10.4. The topological polar surface area (TPSA) is 26.8 Å². The second-order valence-electron chi connectivity index (χ2n) is 6.37. The van der Waals surface area contributed by atoms with Crippen molar-refractivity contribution in [3.8, 4) is 0 Å². The number of hydrogen-bond donors (Lipinski definition) is 0. The summed E-state index contributed by atoms with van der Waals surface area (Å²) in [7, 11) is 3.77. The van der Waals surface area contributed by atoms with E-state index in [4.69, 9.17) is 0 Å². The molecule has 0 saturated carbocycles. The highest BCUT2D eigenvalue weighted by molar-refractivity contribution is 5.83. The van der Waals surface area contributed by atoms with Crippen LogP contribution in [0, 0.1) is 5.82 Å². The van der Waals surface area contributed by atoms with Gasteiger partial charge in [0.2, 0.25) is 5.91 Å². The van der Waals surface area contributed by atoms with Crippen molar-refractivity contribution in [2.45, 2.75) is 25.9 Å². The highest BCUT2D eigenvalue weighted by Crippen LogP contribution is 2.22. The zero-order valence-corrected chi connectivity index (χ0v) is 13.9. The number of likely N-dealkylation sites (N-methyl/N-ethyl adjacent to an activating group) is 1. The Morgan fingerprint density at radius 2 is 1.64 bits per heavy atom. The standard InChI is InChI=1S/C17H26FN3O/c1-13(2)20-9-11-21(12-10-20)17(22)16(19(3)4)14-5-7-15(18)8-6-14/h5-8,13,16H,9-12H2,1-4H3. The van der Waals surface area contributed by atoms with Crippen molar-refractivity contribution in [1.29, 1.82) is 0 Å². The molecular formula is C17H26FN3O. The third kappa shape index (κ3) is 3.84. The first-order valence-electron chi connectivity index (χ1n) is 7.85. The molecule has 1 fully saturated rings. The van der Waals surface area contributed by atoms with E-state index >= 15 is 0 Å². The van der Waals surface area contributed by atoms with E-state index in [0.29, 0.717) is 6.04 Å². The smallest absolute Gasteiger partial charge is 0.244 e. The normalized spacial score (nSPS) is 18.0. The fraction of sp³-hybridized carbons (Fsp3) is 0.588. The summed E-state index contributed by atoms with van der Waals surface area (Å²) < 4.78 is 13.1. The van der Waals surface area contributed by atoms with Crippen molar-refractivity contribution in [1.82, 2.24) is 14.7 Å². The molecule has 22 heavy (non-hydrogen) atoms. The van der Waals surface area contributed by atoms with E-state index in [2.05, 4.69) is 18.7 Å². The number of benzene rings is 1. The maximum absolute atomic E-state index is 13.1. The summed E-state index contributed by atoms with van der Waals surface area (Å²) in [5.74, 6) is -0.181. The SMILES string of the molecule is CC(C)N1CCN(C(=O)C(c2ccc(F)cc2)N(C)C)CC1. The van der Waals surface area contributed by atoms with Gasteiger partial charge in [0, 0.05) is 32.2 Å². The van der Waals surface area contributed by atoms with E-state index in [1.54, 1.807) is 12.1 Å². The molecule has 1 aliphatic rings. The molecule has 122 valence electrons. The summed E-state index contributed by atoms with van der Waals surface area (Å²) in [5, 5.41) is 0. The minimum absolute atomic E-state index is 0.0972. The lowest BCUT2D eigenvalue weighted by molar-refractivity contribution is -0.138. The minimum Gasteiger partial charge on any atom is -0.338 e. The number of amides is 1. The molecule has 1 aromatic rings. The fourth-order valence-corrected chi connectivity index (χ4v) is 2.94. The average molecular weight is 307 g/mol. The summed E-state index contributed by atoms with van der Waals surface area (Å²) in [6.45, 7) is 7.68. The predicted molar refractivity (Wildman–Crippen MR) is 86.1 cm³/mol. The van der Waals surface area contributed by atoms with Crippen LogP contribution in [0.15, 0.2) is 24.3 Å². The van der Waals surface area contributed by atoms with Gasteiger partial charge in [0.25, 0.3) is 0 Å². The molecule has 0 radical (unpaired) electrons. The summed E-state index contributed by atoms with van der Waals surface area (Å²) in [6.07, 6.45) is 0. The minimum atomic E-state index is -0.355. The molecule has 0 aromatic heterocycles. The largest absolute Gasteiger partial charge is 0.338 e. The summed E-state index contributed by atoms with van der Waals surface area (Å²) in [6, 6.07) is 6.38. The summed E-state index contributed by atoms with van der Waals surface area (Å²) in [4.78, 5) is 19.1. The van der Waals surface area contributed by atoms with Gasteiger partial charge >= 0.3 is 0 Å². The Bertz CT molecular complexity index is 493. The van der Waals surface area contributed by atoms with Gasteiger partial charge in [-0.05, 0) is 45.6 Å². The molecule has 1 amide bonds. The first kappa shape index (κ1) is 16.9. The lowest BCUT2D eigenvalue weighted by Crippen LogP contribution is -2.52. The first-order valence-corrected chi connectivity index (χ1v) is 7.85. The van der Waals surface area contributed by atoms with Gasteiger partial charge in [0.15, 0.2) is 0 Å². The van der Waals surface area contributed by atoms with Crippen molar-refractivity contribution >= 4 is 5.91 Å². The Hall–Kier alpha value is -1.46. The van der Waals surface area contributed by atoms with Crippen LogP contribution in [0.2, 0.25) is 0 Å². The molecule has 1 aromatic carbocycles. The van der Waals surface area contributed by atoms with Gasteiger partial charge in [0.1, 0.15) is 11.9 Å². The van der Waals surface area contributed by atoms with Crippen molar-refractivity contribution in [2.75, 3.05) is 40.3 Å². The predicted octanol–water partition coefficient (Wildman–Crippen LogP) is 1.98. The molecule has 1 saturated heterocycles. The van der Waals surface area contributed by atoms with E-state index in [1.165, 1.54) is 12.1 Å². The molecular weight excluding hydrogens is 281 g/mol. The molecule has 1 atom stereocenters. The van der Waals surface area contributed by atoms with E-state index in [1.807, 2.05) is 23.9 Å². The maximum Gasteiger partial charge on any atom is 0.244 e. The quantitative estimate of drug-likeness (QED) is 0.851. The van der Waals surface area contributed by atoms with Crippen LogP contribution in [0.4, 0.5) is 4.39 Å². The van der Waals surface area contributed by atoms with Crippen LogP contribution in [-0.4, -0.2) is 66.9 Å². The molecule has 0 spiro atoms. The van der Waals surface area contributed by atoms with Crippen LogP contribution >= 0.6 is 0 Å². The number of hydrogen-bond acceptors (Lipinski definition) is 3. The summed E-state index contributed by atoms with van der Waals surface area (Å²) >= 11 is 0. The molecule has 1 heterocycles.